The van der Waals surface area contributed by atoms with Crippen molar-refractivity contribution in [2.24, 2.45) is 11.1 Å². The Bertz CT molecular complexity index is 499. The fourth-order valence-electron chi connectivity index (χ4n) is 3.56. The van der Waals surface area contributed by atoms with Gasteiger partial charge in [0.25, 0.3) is 0 Å². The highest BCUT2D eigenvalue weighted by Gasteiger charge is 2.56. The molecule has 1 aliphatic carbocycles. The van der Waals surface area contributed by atoms with Crippen LogP contribution in [0.1, 0.15) is 19.3 Å². The van der Waals surface area contributed by atoms with Crippen molar-refractivity contribution in [3.8, 4) is 0 Å². The van der Waals surface area contributed by atoms with Crippen LogP contribution in [0.3, 0.4) is 0 Å². The molecule has 0 aromatic carbocycles. The van der Waals surface area contributed by atoms with Crippen LogP contribution in [0.4, 0.5) is 0 Å². The Hall–Kier alpha value is -1.51. The van der Waals surface area contributed by atoms with E-state index in [0.717, 1.165) is 12.8 Å². The lowest BCUT2D eigenvalue weighted by molar-refractivity contribution is -0.210. The first-order valence-corrected chi connectivity index (χ1v) is 7.75. The molecule has 1 saturated carbocycles. The zero-order valence-corrected chi connectivity index (χ0v) is 12.6. The van der Waals surface area contributed by atoms with Crippen LogP contribution in [0.2, 0.25) is 0 Å². The van der Waals surface area contributed by atoms with Crippen molar-refractivity contribution in [2.75, 3.05) is 26.2 Å². The molecule has 1 aromatic rings. The van der Waals surface area contributed by atoms with E-state index in [1.165, 1.54) is 12.7 Å². The quantitative estimate of drug-likeness (QED) is 0.722. The molecule has 2 fully saturated rings. The largest absolute Gasteiger partial charge is 0.392 e. The molecular weight excluding hydrogens is 286 g/mol. The molecule has 1 spiro atoms. The van der Waals surface area contributed by atoms with Crippen LogP contribution < -0.4 is 5.73 Å². The smallest absolute Gasteiger partial charge is 0.242 e. The van der Waals surface area contributed by atoms with Gasteiger partial charge in [-0.15, -0.1) is 10.2 Å². The second kappa shape index (κ2) is 6.31. The van der Waals surface area contributed by atoms with Gasteiger partial charge in [-0.3, -0.25) is 4.79 Å². The molecule has 8 heteroatoms. The van der Waals surface area contributed by atoms with E-state index in [1.54, 1.807) is 4.57 Å². The first-order valence-electron chi connectivity index (χ1n) is 7.75. The second-order valence-electron chi connectivity index (χ2n) is 6.15. The van der Waals surface area contributed by atoms with Crippen LogP contribution in [0.25, 0.3) is 0 Å². The molecule has 0 bridgehead atoms. The summed E-state index contributed by atoms with van der Waals surface area (Å²) < 4.78 is 7.43. The topological polar surface area (TPSA) is 106 Å². The summed E-state index contributed by atoms with van der Waals surface area (Å²) in [6.07, 6.45) is 5.04. The van der Waals surface area contributed by atoms with E-state index in [-0.39, 0.29) is 30.1 Å². The number of rotatable bonds is 5. The standard InChI is InChI=1S/C14H23N5O3/c15-3-6-22-12-7-11(20)14(12)1-4-19(5-2-14)13(21)8-18-9-16-17-10-18/h9-12,20H,1-8,15H2/t11-,12+/m0/s1. The maximum atomic E-state index is 12.3. The molecular formula is C14H23N5O3. The van der Waals surface area contributed by atoms with Gasteiger partial charge in [-0.05, 0) is 12.8 Å². The fourth-order valence-corrected chi connectivity index (χ4v) is 3.56. The molecule has 0 radical (unpaired) electrons. The number of piperidine rings is 1. The SMILES string of the molecule is NCCO[C@@H]1C[C@H](O)C12CCN(C(=O)Cn1cnnc1)CC2. The van der Waals surface area contributed by atoms with Gasteiger partial charge in [0.1, 0.15) is 19.2 Å². The molecule has 2 aliphatic rings. The molecule has 3 N–H and O–H groups in total. The highest BCUT2D eigenvalue weighted by molar-refractivity contribution is 5.76. The molecule has 22 heavy (non-hydrogen) atoms. The number of ether oxygens (including phenoxy) is 1. The number of carbonyl (C=O) groups excluding carboxylic acids is 1. The van der Waals surface area contributed by atoms with Crippen molar-refractivity contribution in [2.45, 2.75) is 38.0 Å². The van der Waals surface area contributed by atoms with Crippen molar-refractivity contribution < 1.29 is 14.6 Å². The normalized spacial score (nSPS) is 26.9. The Balaban J connectivity index is 1.54. The molecule has 1 saturated heterocycles. The molecule has 0 unspecified atom stereocenters. The van der Waals surface area contributed by atoms with E-state index in [9.17, 15) is 9.90 Å². The van der Waals surface area contributed by atoms with Gasteiger partial charge < -0.3 is 25.0 Å². The lowest BCUT2D eigenvalue weighted by Crippen LogP contribution is -2.63. The Kier molecular flexibility index (Phi) is 4.42. The first-order chi connectivity index (χ1) is 10.7. The third-order valence-corrected chi connectivity index (χ3v) is 5.01. The number of aliphatic hydroxyl groups excluding tert-OH is 1. The van der Waals surface area contributed by atoms with E-state index in [2.05, 4.69) is 10.2 Å². The van der Waals surface area contributed by atoms with Gasteiger partial charge in [0, 0.05) is 31.5 Å². The molecule has 1 aliphatic heterocycles. The average molecular weight is 309 g/mol. The molecule has 3 rings (SSSR count). The summed E-state index contributed by atoms with van der Waals surface area (Å²) in [5.74, 6) is 0.0582. The van der Waals surface area contributed by atoms with E-state index in [4.69, 9.17) is 10.5 Å². The highest BCUT2D eigenvalue weighted by Crippen LogP contribution is 2.50. The van der Waals surface area contributed by atoms with Crippen LogP contribution in [0.15, 0.2) is 12.7 Å². The maximum Gasteiger partial charge on any atom is 0.242 e. The summed E-state index contributed by atoms with van der Waals surface area (Å²) in [5, 5.41) is 17.6. The summed E-state index contributed by atoms with van der Waals surface area (Å²) in [6.45, 7) is 2.58. The van der Waals surface area contributed by atoms with E-state index in [1.807, 2.05) is 4.90 Å². The van der Waals surface area contributed by atoms with E-state index < -0.39 is 0 Å². The van der Waals surface area contributed by atoms with E-state index in [0.29, 0.717) is 32.7 Å². The number of hydrogen-bond acceptors (Lipinski definition) is 6. The Morgan fingerprint density at radius 3 is 2.64 bits per heavy atom. The van der Waals surface area contributed by atoms with Gasteiger partial charge >= 0.3 is 0 Å². The third kappa shape index (κ3) is 2.73. The minimum Gasteiger partial charge on any atom is -0.392 e. The maximum absolute atomic E-state index is 12.3. The minimum atomic E-state index is -0.328. The predicted molar refractivity (Wildman–Crippen MR) is 77.7 cm³/mol. The monoisotopic (exact) mass is 309 g/mol. The van der Waals surface area contributed by atoms with Crippen molar-refractivity contribution >= 4 is 5.91 Å². The number of amides is 1. The summed E-state index contributed by atoms with van der Waals surface area (Å²) in [7, 11) is 0. The summed E-state index contributed by atoms with van der Waals surface area (Å²) in [5.41, 5.74) is 5.29. The fraction of sp³-hybridized carbons (Fsp3) is 0.786. The number of nitrogens with zero attached hydrogens (tertiary/aromatic N) is 4. The predicted octanol–water partition coefficient (Wildman–Crippen LogP) is -1.00. The van der Waals surface area contributed by atoms with Crippen molar-refractivity contribution in [3.05, 3.63) is 12.7 Å². The van der Waals surface area contributed by atoms with Gasteiger partial charge in [-0.25, -0.2) is 0 Å². The van der Waals surface area contributed by atoms with Gasteiger partial charge in [-0.2, -0.15) is 0 Å². The van der Waals surface area contributed by atoms with Crippen LogP contribution in [-0.4, -0.2) is 69.1 Å². The van der Waals surface area contributed by atoms with Crippen LogP contribution >= 0.6 is 0 Å². The molecule has 1 amide bonds. The number of nitrogens with two attached hydrogens (primary N) is 1. The molecule has 8 nitrogen and oxygen atoms in total. The highest BCUT2D eigenvalue weighted by atomic mass is 16.5. The number of likely N-dealkylation sites (tertiary alicyclic amines) is 1. The average Bonchev–Trinajstić information content (AvgIpc) is 3.04. The van der Waals surface area contributed by atoms with Crippen molar-refractivity contribution in [1.82, 2.24) is 19.7 Å². The first kappa shape index (κ1) is 15.4. The lowest BCUT2D eigenvalue weighted by atomic mass is 9.58. The number of aromatic nitrogens is 3. The summed E-state index contributed by atoms with van der Waals surface area (Å²) in [6, 6.07) is 0. The van der Waals surface area contributed by atoms with Crippen molar-refractivity contribution in [3.63, 3.8) is 0 Å². The number of carbonyl (C=O) groups is 1. The Morgan fingerprint density at radius 2 is 2.05 bits per heavy atom. The van der Waals surface area contributed by atoms with Gasteiger partial charge in [0.2, 0.25) is 5.91 Å². The lowest BCUT2D eigenvalue weighted by Gasteiger charge is -2.56. The van der Waals surface area contributed by atoms with Crippen LogP contribution in [0, 0.1) is 5.41 Å². The summed E-state index contributed by atoms with van der Waals surface area (Å²) in [4.78, 5) is 14.1. The zero-order chi connectivity index (χ0) is 15.6. The molecule has 2 atom stereocenters. The number of aliphatic hydroxyl groups is 1. The third-order valence-electron chi connectivity index (χ3n) is 5.01. The van der Waals surface area contributed by atoms with Crippen molar-refractivity contribution in [1.29, 1.82) is 0 Å². The van der Waals surface area contributed by atoms with E-state index >= 15 is 0 Å². The molecule has 2 heterocycles. The summed E-state index contributed by atoms with van der Waals surface area (Å²) >= 11 is 0. The van der Waals surface area contributed by atoms with Gasteiger partial charge in [0.05, 0.1) is 18.8 Å². The van der Waals surface area contributed by atoms with Crippen LogP contribution in [0.5, 0.6) is 0 Å². The Morgan fingerprint density at radius 1 is 1.36 bits per heavy atom. The molecule has 1 aromatic heterocycles. The van der Waals surface area contributed by atoms with Gasteiger partial charge in [0.15, 0.2) is 0 Å². The zero-order valence-electron chi connectivity index (χ0n) is 12.6. The van der Waals surface area contributed by atoms with Crippen LogP contribution in [-0.2, 0) is 16.1 Å². The minimum absolute atomic E-state index is 0.0582. The van der Waals surface area contributed by atoms with Gasteiger partial charge in [-0.1, -0.05) is 0 Å². The number of hydrogen-bond donors (Lipinski definition) is 2. The Labute approximate surface area is 129 Å². The second-order valence-corrected chi connectivity index (χ2v) is 6.15. The molecule has 122 valence electrons.